The largest absolute Gasteiger partial charge is 0.480 e. The van der Waals surface area contributed by atoms with Crippen molar-refractivity contribution >= 4 is 11.9 Å². The molecule has 6 nitrogen and oxygen atoms in total. The van der Waals surface area contributed by atoms with Crippen LogP contribution in [0.15, 0.2) is 12.3 Å². The van der Waals surface area contributed by atoms with Crippen molar-refractivity contribution in [1.82, 2.24) is 14.9 Å². The molecule has 1 atom stereocenters. The van der Waals surface area contributed by atoms with Crippen molar-refractivity contribution in [2.24, 2.45) is 0 Å². The molecule has 98 valence electrons. The molecule has 0 aliphatic rings. The van der Waals surface area contributed by atoms with Crippen LogP contribution < -0.4 is 0 Å². The Morgan fingerprint density at radius 3 is 2.67 bits per heavy atom. The molecule has 1 aromatic heterocycles. The number of carboxylic acid groups (broad SMARTS) is 1. The van der Waals surface area contributed by atoms with Gasteiger partial charge in [0.25, 0.3) is 5.91 Å². The Balaban J connectivity index is 2.98. The van der Waals surface area contributed by atoms with Crippen LogP contribution in [0.4, 0.5) is 0 Å². The summed E-state index contributed by atoms with van der Waals surface area (Å²) >= 11 is 0. The lowest BCUT2D eigenvalue weighted by atomic mass is 10.2. The Kier molecular flexibility index (Phi) is 4.76. The van der Waals surface area contributed by atoms with E-state index in [1.807, 2.05) is 13.8 Å². The standard InChI is InChI=1S/C12H17N3O3/c1-4-8(2)15(7-11(16)17)12(18)10-5-6-13-9(3)14-10/h5-6,8H,4,7H2,1-3H3,(H,16,17). The molecule has 1 amide bonds. The van der Waals surface area contributed by atoms with Gasteiger partial charge in [0, 0.05) is 12.2 Å². The van der Waals surface area contributed by atoms with Crippen molar-refractivity contribution in [2.75, 3.05) is 6.54 Å². The molecule has 0 aliphatic heterocycles. The van der Waals surface area contributed by atoms with Gasteiger partial charge in [-0.3, -0.25) is 9.59 Å². The molecule has 18 heavy (non-hydrogen) atoms. The lowest BCUT2D eigenvalue weighted by Gasteiger charge is -2.26. The molecule has 1 rings (SSSR count). The maximum atomic E-state index is 12.2. The topological polar surface area (TPSA) is 83.4 Å². The molecule has 1 heterocycles. The summed E-state index contributed by atoms with van der Waals surface area (Å²) in [5, 5.41) is 8.85. The third-order valence-electron chi connectivity index (χ3n) is 2.68. The lowest BCUT2D eigenvalue weighted by Crippen LogP contribution is -2.42. The van der Waals surface area contributed by atoms with E-state index in [0.717, 1.165) is 0 Å². The van der Waals surface area contributed by atoms with Crippen LogP contribution in [0.2, 0.25) is 0 Å². The van der Waals surface area contributed by atoms with E-state index in [4.69, 9.17) is 5.11 Å². The molecule has 0 spiro atoms. The molecular weight excluding hydrogens is 234 g/mol. The number of carboxylic acids is 1. The molecule has 0 saturated heterocycles. The van der Waals surface area contributed by atoms with Crippen LogP contribution in [-0.4, -0.2) is 44.4 Å². The van der Waals surface area contributed by atoms with Crippen molar-refractivity contribution in [3.05, 3.63) is 23.8 Å². The third kappa shape index (κ3) is 3.51. The van der Waals surface area contributed by atoms with Gasteiger partial charge in [-0.2, -0.15) is 0 Å². The number of carbonyl (C=O) groups is 2. The summed E-state index contributed by atoms with van der Waals surface area (Å²) in [4.78, 5) is 32.3. The minimum absolute atomic E-state index is 0.149. The molecule has 0 bridgehead atoms. The Morgan fingerprint density at radius 2 is 2.17 bits per heavy atom. The average molecular weight is 251 g/mol. The highest BCUT2D eigenvalue weighted by atomic mass is 16.4. The van der Waals surface area contributed by atoms with E-state index in [1.165, 1.54) is 17.2 Å². The van der Waals surface area contributed by atoms with Gasteiger partial charge in [-0.25, -0.2) is 9.97 Å². The Bertz CT molecular complexity index is 448. The van der Waals surface area contributed by atoms with Crippen LogP contribution in [0.1, 0.15) is 36.6 Å². The van der Waals surface area contributed by atoms with Crippen molar-refractivity contribution in [1.29, 1.82) is 0 Å². The number of hydrogen-bond acceptors (Lipinski definition) is 4. The number of rotatable bonds is 5. The molecule has 1 N–H and O–H groups in total. The minimum Gasteiger partial charge on any atom is -0.480 e. The maximum absolute atomic E-state index is 12.2. The summed E-state index contributed by atoms with van der Waals surface area (Å²) in [6, 6.07) is 1.34. The fourth-order valence-corrected chi connectivity index (χ4v) is 1.52. The Morgan fingerprint density at radius 1 is 1.50 bits per heavy atom. The second-order valence-corrected chi connectivity index (χ2v) is 4.07. The van der Waals surface area contributed by atoms with Crippen LogP contribution in [0, 0.1) is 6.92 Å². The SMILES string of the molecule is CCC(C)N(CC(=O)O)C(=O)c1ccnc(C)n1. The van der Waals surface area contributed by atoms with Gasteiger partial charge in [-0.05, 0) is 26.3 Å². The quantitative estimate of drug-likeness (QED) is 0.847. The molecule has 1 aromatic rings. The normalized spacial score (nSPS) is 11.9. The fraction of sp³-hybridized carbons (Fsp3) is 0.500. The summed E-state index contributed by atoms with van der Waals surface area (Å²) in [7, 11) is 0. The number of hydrogen-bond donors (Lipinski definition) is 1. The molecule has 0 fully saturated rings. The summed E-state index contributed by atoms with van der Waals surface area (Å²) in [6.45, 7) is 5.07. The molecule has 0 radical (unpaired) electrons. The maximum Gasteiger partial charge on any atom is 0.323 e. The smallest absolute Gasteiger partial charge is 0.323 e. The summed E-state index contributed by atoms with van der Waals surface area (Å²) < 4.78 is 0. The van der Waals surface area contributed by atoms with Crippen LogP contribution in [0.5, 0.6) is 0 Å². The van der Waals surface area contributed by atoms with Crippen LogP contribution >= 0.6 is 0 Å². The zero-order valence-corrected chi connectivity index (χ0v) is 10.8. The van der Waals surface area contributed by atoms with Gasteiger partial charge in [0.2, 0.25) is 0 Å². The Labute approximate surface area is 106 Å². The van der Waals surface area contributed by atoms with Gasteiger partial charge in [0.1, 0.15) is 18.1 Å². The number of amides is 1. The van der Waals surface area contributed by atoms with Crippen molar-refractivity contribution in [2.45, 2.75) is 33.2 Å². The van der Waals surface area contributed by atoms with E-state index >= 15 is 0 Å². The van der Waals surface area contributed by atoms with E-state index in [0.29, 0.717) is 12.2 Å². The van der Waals surface area contributed by atoms with E-state index < -0.39 is 5.97 Å². The lowest BCUT2D eigenvalue weighted by molar-refractivity contribution is -0.138. The van der Waals surface area contributed by atoms with Crippen LogP contribution in [-0.2, 0) is 4.79 Å². The highest BCUT2D eigenvalue weighted by Crippen LogP contribution is 2.09. The van der Waals surface area contributed by atoms with Crippen molar-refractivity contribution in [3.8, 4) is 0 Å². The van der Waals surface area contributed by atoms with E-state index in [9.17, 15) is 9.59 Å². The number of aryl methyl sites for hydroxylation is 1. The zero-order valence-electron chi connectivity index (χ0n) is 10.8. The predicted octanol–water partition coefficient (Wildman–Crippen LogP) is 1.11. The minimum atomic E-state index is -1.03. The van der Waals surface area contributed by atoms with Gasteiger partial charge in [0.05, 0.1) is 0 Å². The highest BCUT2D eigenvalue weighted by molar-refractivity contribution is 5.94. The zero-order chi connectivity index (χ0) is 13.7. The second-order valence-electron chi connectivity index (χ2n) is 4.07. The second kappa shape index (κ2) is 6.09. The average Bonchev–Trinajstić information content (AvgIpc) is 2.34. The third-order valence-corrected chi connectivity index (χ3v) is 2.68. The number of aromatic nitrogens is 2. The van der Waals surface area contributed by atoms with E-state index in [-0.39, 0.29) is 24.2 Å². The van der Waals surface area contributed by atoms with Crippen LogP contribution in [0.25, 0.3) is 0 Å². The number of aliphatic carboxylic acids is 1. The molecule has 0 saturated carbocycles. The summed E-state index contributed by atoms with van der Waals surface area (Å²) in [5.74, 6) is -0.924. The van der Waals surface area contributed by atoms with E-state index in [2.05, 4.69) is 9.97 Å². The first-order chi connectivity index (χ1) is 8.45. The molecular formula is C12H17N3O3. The molecule has 6 heteroatoms. The van der Waals surface area contributed by atoms with Gasteiger partial charge in [-0.15, -0.1) is 0 Å². The fourth-order valence-electron chi connectivity index (χ4n) is 1.52. The van der Waals surface area contributed by atoms with Crippen LogP contribution in [0.3, 0.4) is 0 Å². The van der Waals surface area contributed by atoms with E-state index in [1.54, 1.807) is 6.92 Å². The Hall–Kier alpha value is -1.98. The van der Waals surface area contributed by atoms with Crippen molar-refractivity contribution < 1.29 is 14.7 Å². The van der Waals surface area contributed by atoms with Gasteiger partial charge >= 0.3 is 5.97 Å². The van der Waals surface area contributed by atoms with Crippen molar-refractivity contribution in [3.63, 3.8) is 0 Å². The van der Waals surface area contributed by atoms with Gasteiger partial charge in [-0.1, -0.05) is 6.92 Å². The molecule has 0 aliphatic carbocycles. The number of carbonyl (C=O) groups excluding carboxylic acids is 1. The van der Waals surface area contributed by atoms with Gasteiger partial charge < -0.3 is 10.0 Å². The highest BCUT2D eigenvalue weighted by Gasteiger charge is 2.23. The summed E-state index contributed by atoms with van der Waals surface area (Å²) in [6.07, 6.45) is 2.17. The molecule has 0 aromatic carbocycles. The monoisotopic (exact) mass is 251 g/mol. The molecule has 1 unspecified atom stereocenters. The van der Waals surface area contributed by atoms with Gasteiger partial charge in [0.15, 0.2) is 0 Å². The number of nitrogens with zero attached hydrogens (tertiary/aromatic N) is 3. The first-order valence-electron chi connectivity index (χ1n) is 5.78. The predicted molar refractivity (Wildman–Crippen MR) is 65.2 cm³/mol. The first kappa shape index (κ1) is 14.1. The first-order valence-corrected chi connectivity index (χ1v) is 5.78. The summed E-state index contributed by atoms with van der Waals surface area (Å²) in [5.41, 5.74) is 0.226.